The van der Waals surface area contributed by atoms with Crippen LogP contribution in [0.2, 0.25) is 10.0 Å². The second-order valence-corrected chi connectivity index (χ2v) is 3.66. The van der Waals surface area contributed by atoms with Gasteiger partial charge in [-0.05, 0) is 18.2 Å². The van der Waals surface area contributed by atoms with Crippen LogP contribution in [0.3, 0.4) is 0 Å². The Kier molecular flexibility index (Phi) is 4.48. The number of aliphatic hydroxyl groups excluding tert-OH is 2. The van der Waals surface area contributed by atoms with Gasteiger partial charge in [-0.3, -0.25) is 0 Å². The lowest BCUT2D eigenvalue weighted by Gasteiger charge is -2.10. The van der Waals surface area contributed by atoms with E-state index in [1.807, 2.05) is 0 Å². The molecule has 0 aromatic heterocycles. The van der Waals surface area contributed by atoms with Crippen LogP contribution in [-0.4, -0.2) is 29.5 Å². The number of hydrogen-bond acceptors (Lipinski definition) is 3. The first-order chi connectivity index (χ1) is 6.63. The van der Waals surface area contributed by atoms with Crippen LogP contribution in [0.25, 0.3) is 0 Å². The lowest BCUT2D eigenvalue weighted by molar-refractivity contribution is 0.105. The van der Waals surface area contributed by atoms with E-state index in [0.29, 0.717) is 10.0 Å². The van der Waals surface area contributed by atoms with Crippen LogP contribution in [-0.2, 0) is 0 Å². The van der Waals surface area contributed by atoms with Gasteiger partial charge in [0.25, 0.3) is 0 Å². The summed E-state index contributed by atoms with van der Waals surface area (Å²) >= 11 is 11.5. The largest absolute Gasteiger partial charge is 0.394 e. The van der Waals surface area contributed by atoms with Crippen molar-refractivity contribution in [3.63, 3.8) is 0 Å². The molecule has 14 heavy (non-hydrogen) atoms. The molecule has 0 spiro atoms. The van der Waals surface area contributed by atoms with Crippen molar-refractivity contribution in [2.45, 2.75) is 6.10 Å². The quantitative estimate of drug-likeness (QED) is 0.746. The Morgan fingerprint density at radius 3 is 2.57 bits per heavy atom. The van der Waals surface area contributed by atoms with Crippen molar-refractivity contribution in [1.29, 1.82) is 0 Å². The molecule has 0 saturated carbocycles. The molecule has 0 radical (unpaired) electrons. The van der Waals surface area contributed by atoms with Gasteiger partial charge in [-0.1, -0.05) is 23.2 Å². The molecule has 3 nitrogen and oxygen atoms in total. The third-order valence-electron chi connectivity index (χ3n) is 1.67. The van der Waals surface area contributed by atoms with E-state index < -0.39 is 6.10 Å². The number of anilines is 1. The number of hydrogen-bond donors (Lipinski definition) is 3. The predicted octanol–water partition coefficient (Wildman–Crippen LogP) is 1.76. The Morgan fingerprint density at radius 2 is 2.00 bits per heavy atom. The zero-order valence-electron chi connectivity index (χ0n) is 7.37. The molecule has 1 rings (SSSR count). The minimum atomic E-state index is -0.774. The highest BCUT2D eigenvalue weighted by Crippen LogP contribution is 2.24. The van der Waals surface area contributed by atoms with Gasteiger partial charge in [0.05, 0.1) is 22.8 Å². The van der Waals surface area contributed by atoms with Crippen molar-refractivity contribution >= 4 is 28.9 Å². The monoisotopic (exact) mass is 235 g/mol. The van der Waals surface area contributed by atoms with Crippen LogP contribution in [0.5, 0.6) is 0 Å². The highest BCUT2D eigenvalue weighted by molar-refractivity contribution is 6.42. The Labute approximate surface area is 92.3 Å². The maximum absolute atomic E-state index is 9.07. The van der Waals surface area contributed by atoms with Gasteiger partial charge >= 0.3 is 0 Å². The van der Waals surface area contributed by atoms with Crippen LogP contribution < -0.4 is 5.32 Å². The fourth-order valence-corrected chi connectivity index (χ4v) is 1.20. The summed E-state index contributed by atoms with van der Waals surface area (Å²) in [6.45, 7) is 0.00276. The van der Waals surface area contributed by atoms with E-state index in [4.69, 9.17) is 33.4 Å². The van der Waals surface area contributed by atoms with Crippen molar-refractivity contribution in [2.75, 3.05) is 18.5 Å². The zero-order valence-corrected chi connectivity index (χ0v) is 8.89. The highest BCUT2D eigenvalue weighted by Gasteiger charge is 2.02. The molecule has 0 amide bonds. The topological polar surface area (TPSA) is 52.5 Å². The van der Waals surface area contributed by atoms with Crippen molar-refractivity contribution in [3.8, 4) is 0 Å². The first kappa shape index (κ1) is 11.6. The van der Waals surface area contributed by atoms with Crippen molar-refractivity contribution < 1.29 is 10.2 Å². The zero-order chi connectivity index (χ0) is 10.6. The number of aliphatic hydroxyl groups is 2. The van der Waals surface area contributed by atoms with Gasteiger partial charge in [-0.25, -0.2) is 0 Å². The molecule has 1 aromatic rings. The third kappa shape index (κ3) is 3.35. The van der Waals surface area contributed by atoms with E-state index >= 15 is 0 Å². The molecule has 0 saturated heterocycles. The summed E-state index contributed by atoms with van der Waals surface area (Å²) in [5.74, 6) is 0. The van der Waals surface area contributed by atoms with Gasteiger partial charge in [-0.15, -0.1) is 0 Å². The Balaban J connectivity index is 2.55. The number of halogens is 2. The van der Waals surface area contributed by atoms with Crippen molar-refractivity contribution in [1.82, 2.24) is 0 Å². The molecule has 0 aliphatic heterocycles. The molecular formula is C9H11Cl2NO2. The van der Waals surface area contributed by atoms with E-state index in [2.05, 4.69) is 5.32 Å². The molecule has 0 aliphatic carbocycles. The van der Waals surface area contributed by atoms with Crippen LogP contribution in [0.1, 0.15) is 0 Å². The molecule has 0 heterocycles. The Hall–Kier alpha value is -0.480. The van der Waals surface area contributed by atoms with E-state index in [9.17, 15) is 0 Å². The molecule has 78 valence electrons. The second-order valence-electron chi connectivity index (χ2n) is 2.85. The smallest absolute Gasteiger partial charge is 0.0942 e. The van der Waals surface area contributed by atoms with Crippen molar-refractivity contribution in [3.05, 3.63) is 28.2 Å². The van der Waals surface area contributed by atoms with Crippen LogP contribution >= 0.6 is 23.2 Å². The molecule has 3 N–H and O–H groups in total. The Bertz CT molecular complexity index is 307. The minimum absolute atomic E-state index is 0.270. The summed E-state index contributed by atoms with van der Waals surface area (Å²) in [6, 6.07) is 5.07. The summed E-state index contributed by atoms with van der Waals surface area (Å²) < 4.78 is 0. The molecule has 0 unspecified atom stereocenters. The maximum atomic E-state index is 9.07. The average molecular weight is 236 g/mol. The van der Waals surface area contributed by atoms with E-state index in [1.54, 1.807) is 18.2 Å². The van der Waals surface area contributed by atoms with Gasteiger partial charge in [-0.2, -0.15) is 0 Å². The third-order valence-corrected chi connectivity index (χ3v) is 2.41. The number of benzene rings is 1. The molecule has 0 aliphatic rings. The summed E-state index contributed by atoms with van der Waals surface area (Å²) in [5, 5.41) is 21.5. The first-order valence-electron chi connectivity index (χ1n) is 4.11. The Morgan fingerprint density at radius 1 is 1.29 bits per heavy atom. The molecular weight excluding hydrogens is 225 g/mol. The molecule has 0 fully saturated rings. The summed E-state index contributed by atoms with van der Waals surface area (Å²) in [4.78, 5) is 0. The normalized spacial score (nSPS) is 12.6. The maximum Gasteiger partial charge on any atom is 0.0942 e. The van der Waals surface area contributed by atoms with Gasteiger partial charge in [0, 0.05) is 12.2 Å². The molecule has 0 bridgehead atoms. The minimum Gasteiger partial charge on any atom is -0.394 e. The van der Waals surface area contributed by atoms with Gasteiger partial charge in [0.15, 0.2) is 0 Å². The van der Waals surface area contributed by atoms with Crippen LogP contribution in [0.15, 0.2) is 18.2 Å². The fourth-order valence-electron chi connectivity index (χ4n) is 0.906. The lowest BCUT2D eigenvalue weighted by atomic mass is 10.3. The van der Waals surface area contributed by atoms with Gasteiger partial charge < -0.3 is 15.5 Å². The molecule has 1 atom stereocenters. The van der Waals surface area contributed by atoms with E-state index in [-0.39, 0.29) is 13.2 Å². The first-order valence-corrected chi connectivity index (χ1v) is 4.87. The molecule has 5 heteroatoms. The fraction of sp³-hybridized carbons (Fsp3) is 0.333. The van der Waals surface area contributed by atoms with E-state index in [1.165, 1.54) is 0 Å². The van der Waals surface area contributed by atoms with Gasteiger partial charge in [0.2, 0.25) is 0 Å². The number of rotatable bonds is 4. The van der Waals surface area contributed by atoms with Crippen molar-refractivity contribution in [2.24, 2.45) is 0 Å². The summed E-state index contributed by atoms with van der Waals surface area (Å²) in [6.07, 6.45) is -0.774. The predicted molar refractivity (Wildman–Crippen MR) is 58.0 cm³/mol. The molecule has 1 aromatic carbocycles. The van der Waals surface area contributed by atoms with Gasteiger partial charge in [0.1, 0.15) is 0 Å². The lowest BCUT2D eigenvalue weighted by Crippen LogP contribution is -2.22. The van der Waals surface area contributed by atoms with Crippen LogP contribution in [0.4, 0.5) is 5.69 Å². The van der Waals surface area contributed by atoms with E-state index in [0.717, 1.165) is 5.69 Å². The summed E-state index contributed by atoms with van der Waals surface area (Å²) in [5.41, 5.74) is 0.756. The number of nitrogens with one attached hydrogen (secondary N) is 1. The highest BCUT2D eigenvalue weighted by atomic mass is 35.5. The average Bonchev–Trinajstić information content (AvgIpc) is 2.19. The SMILES string of the molecule is OC[C@@H](O)CNc1ccc(Cl)c(Cl)c1. The standard InChI is InChI=1S/C9H11Cl2NO2/c10-8-2-1-6(3-9(8)11)12-4-7(14)5-13/h1-3,7,12-14H,4-5H2/t7-/m0/s1. The second kappa shape index (κ2) is 5.41. The van der Waals surface area contributed by atoms with Crippen LogP contribution in [0, 0.1) is 0 Å². The summed E-state index contributed by atoms with van der Waals surface area (Å²) in [7, 11) is 0.